The summed E-state index contributed by atoms with van der Waals surface area (Å²) in [5, 5.41) is 10.7. The fourth-order valence-corrected chi connectivity index (χ4v) is 3.24. The summed E-state index contributed by atoms with van der Waals surface area (Å²) in [5.74, 6) is 1.37. The van der Waals surface area contributed by atoms with Gasteiger partial charge in [-0.05, 0) is 17.5 Å². The van der Waals surface area contributed by atoms with Gasteiger partial charge in [0.05, 0.1) is 18.7 Å². The highest BCUT2D eigenvalue weighted by molar-refractivity contribution is 5.83. The molecular formula is C18H17NO2. The lowest BCUT2D eigenvalue weighted by atomic mass is 10.0. The van der Waals surface area contributed by atoms with Gasteiger partial charge in [0, 0.05) is 29.8 Å². The van der Waals surface area contributed by atoms with Crippen LogP contribution in [0.3, 0.4) is 0 Å². The molecule has 0 saturated carbocycles. The Morgan fingerprint density at radius 2 is 2.00 bits per heavy atom. The molecule has 0 bridgehead atoms. The van der Waals surface area contributed by atoms with Gasteiger partial charge in [0.1, 0.15) is 5.75 Å². The van der Waals surface area contributed by atoms with Crippen molar-refractivity contribution in [3.05, 3.63) is 65.9 Å². The molecule has 106 valence electrons. The zero-order chi connectivity index (χ0) is 14.2. The lowest BCUT2D eigenvalue weighted by Crippen LogP contribution is -2.10. The van der Waals surface area contributed by atoms with Gasteiger partial charge in [-0.1, -0.05) is 36.4 Å². The fraction of sp³-hybridized carbons (Fsp3) is 0.222. The van der Waals surface area contributed by atoms with E-state index in [0.29, 0.717) is 5.92 Å². The van der Waals surface area contributed by atoms with Crippen molar-refractivity contribution in [2.24, 2.45) is 0 Å². The molecule has 1 aliphatic heterocycles. The molecule has 1 aromatic heterocycles. The maximum absolute atomic E-state index is 9.56. The zero-order valence-electron chi connectivity index (χ0n) is 11.7. The number of rotatable bonds is 3. The molecule has 0 aliphatic carbocycles. The summed E-state index contributed by atoms with van der Waals surface area (Å²) >= 11 is 0. The van der Waals surface area contributed by atoms with E-state index in [1.165, 1.54) is 10.9 Å². The summed E-state index contributed by atoms with van der Waals surface area (Å²) in [6.45, 7) is 1.66. The highest BCUT2D eigenvalue weighted by Crippen LogP contribution is 2.35. The van der Waals surface area contributed by atoms with Crippen molar-refractivity contribution in [1.82, 2.24) is 4.57 Å². The predicted octanol–water partition coefficient (Wildman–Crippen LogP) is 3.31. The molecule has 21 heavy (non-hydrogen) atoms. The molecule has 0 saturated heterocycles. The van der Waals surface area contributed by atoms with Crippen LogP contribution in [-0.2, 0) is 13.2 Å². The third-order valence-corrected chi connectivity index (χ3v) is 4.26. The zero-order valence-corrected chi connectivity index (χ0v) is 11.7. The Bertz CT molecular complexity index is 791. The van der Waals surface area contributed by atoms with Crippen molar-refractivity contribution in [2.45, 2.75) is 19.1 Å². The number of aliphatic hydroxyl groups is 1. The van der Waals surface area contributed by atoms with Crippen molar-refractivity contribution in [1.29, 1.82) is 0 Å². The lowest BCUT2D eigenvalue weighted by molar-refractivity contribution is 0.282. The quantitative estimate of drug-likeness (QED) is 0.798. The van der Waals surface area contributed by atoms with E-state index in [9.17, 15) is 5.11 Å². The average Bonchev–Trinajstić information content (AvgIpc) is 3.13. The maximum atomic E-state index is 9.56. The second-order valence-electron chi connectivity index (χ2n) is 5.53. The third-order valence-electron chi connectivity index (χ3n) is 4.26. The SMILES string of the molecule is OCc1cccc2ccn(CC3COc4ccccc43)c12. The van der Waals surface area contributed by atoms with Crippen molar-refractivity contribution in [3.8, 4) is 5.75 Å². The minimum absolute atomic E-state index is 0.0686. The van der Waals surface area contributed by atoms with Gasteiger partial charge in [0.25, 0.3) is 0 Å². The summed E-state index contributed by atoms with van der Waals surface area (Å²) in [5.41, 5.74) is 3.38. The molecule has 0 fully saturated rings. The van der Waals surface area contributed by atoms with Crippen LogP contribution in [-0.4, -0.2) is 16.3 Å². The Morgan fingerprint density at radius 1 is 1.10 bits per heavy atom. The van der Waals surface area contributed by atoms with Crippen LogP contribution in [0, 0.1) is 0 Å². The molecule has 3 nitrogen and oxygen atoms in total. The molecule has 1 N–H and O–H groups in total. The topological polar surface area (TPSA) is 34.4 Å². The fourth-order valence-electron chi connectivity index (χ4n) is 3.24. The van der Waals surface area contributed by atoms with Crippen LogP contribution in [0.2, 0.25) is 0 Å². The van der Waals surface area contributed by atoms with Crippen LogP contribution in [0.4, 0.5) is 0 Å². The third kappa shape index (κ3) is 2.01. The Labute approximate surface area is 123 Å². The minimum Gasteiger partial charge on any atom is -0.493 e. The van der Waals surface area contributed by atoms with E-state index in [2.05, 4.69) is 35.0 Å². The number of hydrogen-bond acceptors (Lipinski definition) is 2. The van der Waals surface area contributed by atoms with Gasteiger partial charge in [-0.15, -0.1) is 0 Å². The monoisotopic (exact) mass is 279 g/mol. The van der Waals surface area contributed by atoms with Crippen molar-refractivity contribution in [3.63, 3.8) is 0 Å². The summed E-state index contributed by atoms with van der Waals surface area (Å²) in [6, 6.07) is 16.4. The van der Waals surface area contributed by atoms with Crippen LogP contribution < -0.4 is 4.74 Å². The van der Waals surface area contributed by atoms with Gasteiger partial charge in [-0.25, -0.2) is 0 Å². The van der Waals surface area contributed by atoms with Crippen LogP contribution in [0.1, 0.15) is 17.0 Å². The second-order valence-corrected chi connectivity index (χ2v) is 5.53. The van der Waals surface area contributed by atoms with Gasteiger partial charge in [0.15, 0.2) is 0 Å². The minimum atomic E-state index is 0.0686. The van der Waals surface area contributed by atoms with E-state index in [1.807, 2.05) is 24.3 Å². The van der Waals surface area contributed by atoms with Gasteiger partial charge in [-0.3, -0.25) is 0 Å². The Hall–Kier alpha value is -2.26. The smallest absolute Gasteiger partial charge is 0.122 e. The highest BCUT2D eigenvalue weighted by Gasteiger charge is 2.24. The number of benzene rings is 2. The summed E-state index contributed by atoms with van der Waals surface area (Å²) in [6.07, 6.45) is 2.10. The second kappa shape index (κ2) is 4.93. The molecule has 1 aliphatic rings. The predicted molar refractivity (Wildman–Crippen MR) is 82.5 cm³/mol. The number of ether oxygens (including phenoxy) is 1. The largest absolute Gasteiger partial charge is 0.493 e. The number of hydrogen-bond donors (Lipinski definition) is 1. The Balaban J connectivity index is 1.73. The van der Waals surface area contributed by atoms with Crippen molar-refractivity contribution >= 4 is 10.9 Å². The lowest BCUT2D eigenvalue weighted by Gasteiger charge is -2.13. The van der Waals surface area contributed by atoms with Gasteiger partial charge in [-0.2, -0.15) is 0 Å². The first-order valence-electron chi connectivity index (χ1n) is 7.26. The van der Waals surface area contributed by atoms with E-state index >= 15 is 0 Å². The molecule has 2 heterocycles. The molecule has 0 radical (unpaired) electrons. The number of para-hydroxylation sites is 2. The first kappa shape index (κ1) is 12.5. The molecule has 3 aromatic rings. The summed E-state index contributed by atoms with van der Waals surface area (Å²) in [7, 11) is 0. The average molecular weight is 279 g/mol. The molecular weight excluding hydrogens is 262 g/mol. The van der Waals surface area contributed by atoms with Crippen molar-refractivity contribution < 1.29 is 9.84 Å². The van der Waals surface area contributed by atoms with Crippen LogP contribution in [0.5, 0.6) is 5.75 Å². The molecule has 1 unspecified atom stereocenters. The number of nitrogens with zero attached hydrogens (tertiary/aromatic N) is 1. The van der Waals surface area contributed by atoms with E-state index in [1.54, 1.807) is 0 Å². The first-order chi connectivity index (χ1) is 10.4. The number of aliphatic hydroxyl groups excluding tert-OH is 1. The standard InChI is InChI=1S/C18H17NO2/c20-11-14-5-3-4-13-8-9-19(18(13)14)10-15-12-21-17-7-2-1-6-16(15)17/h1-9,15,20H,10-12H2. The van der Waals surface area contributed by atoms with E-state index in [0.717, 1.165) is 30.0 Å². The van der Waals surface area contributed by atoms with Gasteiger partial charge >= 0.3 is 0 Å². The number of aromatic nitrogens is 1. The van der Waals surface area contributed by atoms with E-state index in [-0.39, 0.29) is 6.61 Å². The molecule has 0 amide bonds. The van der Waals surface area contributed by atoms with Crippen LogP contribution >= 0.6 is 0 Å². The molecule has 3 heteroatoms. The van der Waals surface area contributed by atoms with Gasteiger partial charge in [0.2, 0.25) is 0 Å². The summed E-state index contributed by atoms with van der Waals surface area (Å²) < 4.78 is 8.00. The van der Waals surface area contributed by atoms with Crippen molar-refractivity contribution in [2.75, 3.05) is 6.61 Å². The molecule has 0 spiro atoms. The Morgan fingerprint density at radius 3 is 2.90 bits per heavy atom. The molecule has 1 atom stereocenters. The van der Waals surface area contributed by atoms with Crippen LogP contribution in [0.25, 0.3) is 10.9 Å². The van der Waals surface area contributed by atoms with E-state index in [4.69, 9.17) is 4.74 Å². The first-order valence-corrected chi connectivity index (χ1v) is 7.26. The normalized spacial score (nSPS) is 16.9. The maximum Gasteiger partial charge on any atom is 0.122 e. The summed E-state index contributed by atoms with van der Waals surface area (Å²) in [4.78, 5) is 0. The van der Waals surface area contributed by atoms with Gasteiger partial charge < -0.3 is 14.4 Å². The molecule has 2 aromatic carbocycles. The highest BCUT2D eigenvalue weighted by atomic mass is 16.5. The number of fused-ring (bicyclic) bond motifs is 2. The molecule has 4 rings (SSSR count). The van der Waals surface area contributed by atoms with E-state index < -0.39 is 0 Å². The van der Waals surface area contributed by atoms with Crippen LogP contribution in [0.15, 0.2) is 54.7 Å². The Kier molecular flexibility index (Phi) is 2.93.